The Balaban J connectivity index is 4.46. The smallest absolute Gasteiger partial charge is 0.307 e. The molecule has 0 spiro atoms. The monoisotopic (exact) mass is 388 g/mol. The molecule has 156 valence electrons. The summed E-state index contributed by atoms with van der Waals surface area (Å²) >= 11 is 0. The molecule has 0 aromatic carbocycles. The van der Waals surface area contributed by atoms with Gasteiger partial charge in [-0.25, -0.2) is 0 Å². The Morgan fingerprint density at radius 3 is 1.68 bits per heavy atom. The summed E-state index contributed by atoms with van der Waals surface area (Å²) in [4.78, 5) is 21.8. The fourth-order valence-corrected chi connectivity index (χ4v) is 2.38. The molecule has 28 heavy (non-hydrogen) atoms. The molecule has 0 atom stereocenters. The van der Waals surface area contributed by atoms with Crippen LogP contribution in [0.4, 0.5) is 0 Å². The predicted octanol–water partition coefficient (Wildman–Crippen LogP) is 6.71. The molecule has 0 aliphatic heterocycles. The average molecular weight is 389 g/mol. The molecule has 0 amide bonds. The maximum atomic E-state index is 11.0. The minimum Gasteiger partial charge on any atom is -0.435 e. The lowest BCUT2D eigenvalue weighted by Gasteiger charge is -2.03. The minimum absolute atomic E-state index is 0.378. The van der Waals surface area contributed by atoms with Gasteiger partial charge in [-0.15, -0.1) is 0 Å². The third-order valence-corrected chi connectivity index (χ3v) is 3.94. The van der Waals surface area contributed by atoms with Crippen molar-refractivity contribution in [3.05, 3.63) is 59.1 Å². The lowest BCUT2D eigenvalue weighted by Crippen LogP contribution is -1.93. The molecule has 4 nitrogen and oxygen atoms in total. The molecule has 0 rings (SSSR count). The molecule has 4 heteroatoms. The van der Waals surface area contributed by atoms with Gasteiger partial charge in [0.2, 0.25) is 0 Å². The van der Waals surface area contributed by atoms with Gasteiger partial charge in [-0.1, -0.05) is 34.9 Å². The van der Waals surface area contributed by atoms with E-state index in [4.69, 9.17) is 9.47 Å². The SMILES string of the molecule is CC(=O)OC=CC(=COC(C)=O)CCC=C(C)CCC=C(C)CCC=C(C)C. The topological polar surface area (TPSA) is 52.6 Å². The Morgan fingerprint density at radius 2 is 1.18 bits per heavy atom. The number of hydrogen-bond acceptors (Lipinski definition) is 4. The first-order chi connectivity index (χ1) is 13.2. The van der Waals surface area contributed by atoms with Gasteiger partial charge in [0.1, 0.15) is 0 Å². The van der Waals surface area contributed by atoms with Gasteiger partial charge in [-0.2, -0.15) is 0 Å². The second-order valence-corrected chi connectivity index (χ2v) is 7.21. The van der Waals surface area contributed by atoms with Crippen LogP contribution in [0.25, 0.3) is 0 Å². The third kappa shape index (κ3) is 17.1. The highest BCUT2D eigenvalue weighted by Gasteiger charge is 1.98. The molecule has 0 heterocycles. The molecule has 0 aliphatic carbocycles. The van der Waals surface area contributed by atoms with Crippen LogP contribution in [0.1, 0.15) is 80.1 Å². The lowest BCUT2D eigenvalue weighted by molar-refractivity contribution is -0.136. The van der Waals surface area contributed by atoms with Gasteiger partial charge in [0.15, 0.2) is 0 Å². The van der Waals surface area contributed by atoms with Crippen molar-refractivity contribution < 1.29 is 19.1 Å². The Labute approximate surface area is 170 Å². The molecule has 0 radical (unpaired) electrons. The summed E-state index contributed by atoms with van der Waals surface area (Å²) < 4.78 is 9.73. The molecule has 0 unspecified atom stereocenters. The minimum atomic E-state index is -0.386. The van der Waals surface area contributed by atoms with E-state index in [-0.39, 0.29) is 11.9 Å². The highest BCUT2D eigenvalue weighted by Crippen LogP contribution is 2.14. The molecular formula is C24H36O4. The molecule has 0 N–H and O–H groups in total. The van der Waals surface area contributed by atoms with E-state index in [1.807, 2.05) is 0 Å². The predicted molar refractivity (Wildman–Crippen MR) is 115 cm³/mol. The number of ether oxygens (including phenoxy) is 2. The zero-order valence-corrected chi connectivity index (χ0v) is 18.3. The summed E-state index contributed by atoms with van der Waals surface area (Å²) in [5.74, 6) is -0.764. The zero-order chi connectivity index (χ0) is 21.4. The standard InChI is InChI=1S/C24H36O4/c1-19(2)10-7-11-20(3)12-8-13-21(4)14-9-15-24(18-28-23(6)26)16-17-27-22(5)25/h10,12,14,16-18H,7-9,11,13,15H2,1-6H3. The van der Waals surface area contributed by atoms with Crippen LogP contribution >= 0.6 is 0 Å². The van der Waals surface area contributed by atoms with Gasteiger partial charge in [0.25, 0.3) is 0 Å². The summed E-state index contributed by atoms with van der Waals surface area (Å²) in [5.41, 5.74) is 4.93. The van der Waals surface area contributed by atoms with Crippen LogP contribution in [0, 0.1) is 0 Å². The quantitative estimate of drug-likeness (QED) is 0.161. The van der Waals surface area contributed by atoms with Gasteiger partial charge in [-0.05, 0) is 77.9 Å². The summed E-state index contributed by atoms with van der Waals surface area (Å²) in [6, 6.07) is 0. The largest absolute Gasteiger partial charge is 0.435 e. The van der Waals surface area contributed by atoms with E-state index in [1.54, 1.807) is 6.08 Å². The van der Waals surface area contributed by atoms with Crippen molar-refractivity contribution in [3.8, 4) is 0 Å². The number of esters is 2. The molecule has 0 fully saturated rings. The van der Waals surface area contributed by atoms with Gasteiger partial charge in [0, 0.05) is 13.8 Å². The fraction of sp³-hybridized carbons (Fsp3) is 0.500. The number of hydrogen-bond donors (Lipinski definition) is 0. The summed E-state index contributed by atoms with van der Waals surface area (Å²) in [6.07, 6.45) is 17.0. The van der Waals surface area contributed by atoms with E-state index < -0.39 is 0 Å². The van der Waals surface area contributed by atoms with Crippen molar-refractivity contribution in [3.63, 3.8) is 0 Å². The second-order valence-electron chi connectivity index (χ2n) is 7.21. The Kier molecular flexibility index (Phi) is 14.4. The molecule has 0 bridgehead atoms. The van der Waals surface area contributed by atoms with Crippen LogP contribution in [0.2, 0.25) is 0 Å². The van der Waals surface area contributed by atoms with E-state index in [2.05, 4.69) is 45.9 Å². The van der Waals surface area contributed by atoms with Crippen molar-refractivity contribution in [2.45, 2.75) is 80.1 Å². The summed E-state index contributed by atoms with van der Waals surface area (Å²) in [7, 11) is 0. The maximum Gasteiger partial charge on any atom is 0.307 e. The molecule has 0 saturated heterocycles. The number of rotatable bonds is 12. The molecule has 0 aliphatic rings. The van der Waals surface area contributed by atoms with Crippen molar-refractivity contribution in [1.29, 1.82) is 0 Å². The maximum absolute atomic E-state index is 11.0. The number of carbonyl (C=O) groups excluding carboxylic acids is 2. The van der Waals surface area contributed by atoms with Crippen LogP contribution < -0.4 is 0 Å². The van der Waals surface area contributed by atoms with Gasteiger partial charge in [0.05, 0.1) is 12.5 Å². The number of allylic oxidation sites excluding steroid dienone is 8. The highest BCUT2D eigenvalue weighted by molar-refractivity contribution is 5.67. The van der Waals surface area contributed by atoms with Gasteiger partial charge >= 0.3 is 11.9 Å². The van der Waals surface area contributed by atoms with E-state index in [9.17, 15) is 9.59 Å². The lowest BCUT2D eigenvalue weighted by atomic mass is 10.0. The van der Waals surface area contributed by atoms with Crippen LogP contribution in [0.5, 0.6) is 0 Å². The van der Waals surface area contributed by atoms with Crippen LogP contribution in [0.15, 0.2) is 59.1 Å². The Morgan fingerprint density at radius 1 is 0.679 bits per heavy atom. The molecule has 0 aromatic heterocycles. The van der Waals surface area contributed by atoms with Gasteiger partial charge in [-0.3, -0.25) is 9.59 Å². The van der Waals surface area contributed by atoms with Crippen LogP contribution in [-0.4, -0.2) is 11.9 Å². The Bertz CT molecular complexity index is 642. The molecule has 0 aromatic rings. The van der Waals surface area contributed by atoms with Crippen molar-refractivity contribution >= 4 is 11.9 Å². The summed E-state index contributed by atoms with van der Waals surface area (Å²) in [5, 5.41) is 0. The zero-order valence-electron chi connectivity index (χ0n) is 18.3. The van der Waals surface area contributed by atoms with E-state index in [0.29, 0.717) is 6.42 Å². The first-order valence-electron chi connectivity index (χ1n) is 9.85. The number of carbonyl (C=O) groups is 2. The van der Waals surface area contributed by atoms with E-state index >= 15 is 0 Å². The fourth-order valence-electron chi connectivity index (χ4n) is 2.38. The Hall–Kier alpha value is -2.36. The highest BCUT2D eigenvalue weighted by atomic mass is 16.5. The first-order valence-corrected chi connectivity index (χ1v) is 9.85. The third-order valence-electron chi connectivity index (χ3n) is 3.94. The van der Waals surface area contributed by atoms with Crippen LogP contribution in [-0.2, 0) is 19.1 Å². The molecular weight excluding hydrogens is 352 g/mol. The first kappa shape index (κ1) is 25.6. The second kappa shape index (κ2) is 15.7. The van der Waals surface area contributed by atoms with Gasteiger partial charge < -0.3 is 9.47 Å². The van der Waals surface area contributed by atoms with E-state index in [1.165, 1.54) is 43.1 Å². The average Bonchev–Trinajstić information content (AvgIpc) is 2.58. The molecule has 0 saturated carbocycles. The summed E-state index contributed by atoms with van der Waals surface area (Å²) in [6.45, 7) is 11.3. The van der Waals surface area contributed by atoms with Crippen molar-refractivity contribution in [2.24, 2.45) is 0 Å². The van der Waals surface area contributed by atoms with Crippen molar-refractivity contribution in [1.82, 2.24) is 0 Å². The van der Waals surface area contributed by atoms with E-state index in [0.717, 1.165) is 37.7 Å². The van der Waals surface area contributed by atoms with Crippen molar-refractivity contribution in [2.75, 3.05) is 0 Å². The normalized spacial score (nSPS) is 12.9. The van der Waals surface area contributed by atoms with Crippen LogP contribution in [0.3, 0.4) is 0 Å².